The van der Waals surface area contributed by atoms with E-state index >= 15 is 0 Å². The first-order valence-electron chi connectivity index (χ1n) is 10.1. The molecule has 4 heteroatoms. The van der Waals surface area contributed by atoms with Gasteiger partial charge in [-0.3, -0.25) is 0 Å². The van der Waals surface area contributed by atoms with Gasteiger partial charge in [0.2, 0.25) is 0 Å². The first kappa shape index (κ1) is 19.0. The van der Waals surface area contributed by atoms with Crippen LogP contribution in [0.1, 0.15) is 43.0 Å². The van der Waals surface area contributed by atoms with Crippen LogP contribution in [0.25, 0.3) is 10.9 Å². The van der Waals surface area contributed by atoms with Crippen molar-refractivity contribution in [3.05, 3.63) is 71.4 Å². The molecular formula is C24H29N3S. The maximum Gasteiger partial charge on any atom is 0.166 e. The zero-order chi connectivity index (χ0) is 19.7. The molecule has 4 rings (SSSR count). The number of para-hydroxylation sites is 1. The van der Waals surface area contributed by atoms with Crippen molar-refractivity contribution in [2.45, 2.75) is 39.7 Å². The molecule has 1 aromatic heterocycles. The molecule has 146 valence electrons. The Hall–Kier alpha value is -2.33. The standard InChI is InChI=1S/C24H29N3S/c1-16-21(18-11-7-8-12-20(18)27-16)22-19(24(22,2)3)13-14-25-23(28)26-15-17-9-5-4-6-10-17/h4-12,19,22,27H,13-15H2,1-3H3,(H2,25,26,28)/t19-,22+/m1/s1. The largest absolute Gasteiger partial charge is 0.363 e. The maximum atomic E-state index is 5.45. The van der Waals surface area contributed by atoms with E-state index in [2.05, 4.69) is 84.9 Å². The third-order valence-corrected chi connectivity index (χ3v) is 6.63. The maximum absolute atomic E-state index is 5.45. The van der Waals surface area contributed by atoms with E-state index in [1.807, 2.05) is 6.07 Å². The summed E-state index contributed by atoms with van der Waals surface area (Å²) in [6.45, 7) is 8.68. The van der Waals surface area contributed by atoms with Gasteiger partial charge in [0, 0.05) is 29.7 Å². The number of hydrogen-bond donors (Lipinski definition) is 3. The lowest BCUT2D eigenvalue weighted by atomic mass is 10.0. The van der Waals surface area contributed by atoms with Crippen LogP contribution in [0.3, 0.4) is 0 Å². The Labute approximate surface area is 172 Å². The van der Waals surface area contributed by atoms with Gasteiger partial charge in [-0.25, -0.2) is 0 Å². The molecule has 0 radical (unpaired) electrons. The Kier molecular flexibility index (Phi) is 5.15. The number of aromatic nitrogens is 1. The molecule has 2 aromatic carbocycles. The number of aromatic amines is 1. The Balaban J connectivity index is 1.33. The molecule has 0 bridgehead atoms. The molecule has 3 nitrogen and oxygen atoms in total. The average Bonchev–Trinajstić information content (AvgIpc) is 3.05. The molecule has 0 amide bonds. The highest BCUT2D eigenvalue weighted by atomic mass is 32.1. The van der Waals surface area contributed by atoms with Crippen LogP contribution in [0.5, 0.6) is 0 Å². The number of hydrogen-bond acceptors (Lipinski definition) is 1. The second kappa shape index (κ2) is 7.59. The van der Waals surface area contributed by atoms with Crippen molar-refractivity contribution in [2.24, 2.45) is 11.3 Å². The van der Waals surface area contributed by atoms with Gasteiger partial charge in [0.15, 0.2) is 5.11 Å². The lowest BCUT2D eigenvalue weighted by Gasteiger charge is -2.11. The van der Waals surface area contributed by atoms with Crippen molar-refractivity contribution in [2.75, 3.05) is 6.54 Å². The molecule has 0 unspecified atom stereocenters. The van der Waals surface area contributed by atoms with Gasteiger partial charge in [0.1, 0.15) is 0 Å². The molecule has 1 aliphatic carbocycles. The zero-order valence-electron chi connectivity index (χ0n) is 16.9. The summed E-state index contributed by atoms with van der Waals surface area (Å²) in [6, 6.07) is 19.0. The van der Waals surface area contributed by atoms with Crippen LogP contribution < -0.4 is 10.6 Å². The van der Waals surface area contributed by atoms with Crippen molar-refractivity contribution in [3.63, 3.8) is 0 Å². The van der Waals surface area contributed by atoms with E-state index in [1.165, 1.54) is 27.7 Å². The molecule has 1 saturated carbocycles. The number of fused-ring (bicyclic) bond motifs is 1. The minimum atomic E-state index is 0.330. The van der Waals surface area contributed by atoms with Crippen LogP contribution in [-0.2, 0) is 6.54 Å². The Bertz CT molecular complexity index is 974. The molecule has 0 aliphatic heterocycles. The summed E-state index contributed by atoms with van der Waals surface area (Å²) in [7, 11) is 0. The van der Waals surface area contributed by atoms with Crippen LogP contribution >= 0.6 is 12.2 Å². The predicted molar refractivity (Wildman–Crippen MR) is 122 cm³/mol. The third-order valence-electron chi connectivity index (χ3n) is 6.34. The molecule has 3 aromatic rings. The summed E-state index contributed by atoms with van der Waals surface area (Å²) in [5.41, 5.74) is 5.65. The Morgan fingerprint density at radius 3 is 2.54 bits per heavy atom. The number of benzene rings is 2. The molecule has 28 heavy (non-hydrogen) atoms. The lowest BCUT2D eigenvalue weighted by molar-refractivity contribution is 0.527. The van der Waals surface area contributed by atoms with Gasteiger partial charge < -0.3 is 15.6 Å². The molecule has 1 fully saturated rings. The first-order chi connectivity index (χ1) is 13.5. The molecule has 1 heterocycles. The van der Waals surface area contributed by atoms with E-state index < -0.39 is 0 Å². The fourth-order valence-corrected chi connectivity index (χ4v) is 4.91. The number of rotatable bonds is 6. The molecule has 3 N–H and O–H groups in total. The fraction of sp³-hybridized carbons (Fsp3) is 0.375. The smallest absolute Gasteiger partial charge is 0.166 e. The van der Waals surface area contributed by atoms with E-state index in [-0.39, 0.29) is 0 Å². The van der Waals surface area contributed by atoms with E-state index in [9.17, 15) is 0 Å². The van der Waals surface area contributed by atoms with Crippen LogP contribution in [0.2, 0.25) is 0 Å². The number of aryl methyl sites for hydroxylation is 1. The molecule has 2 atom stereocenters. The summed E-state index contributed by atoms with van der Waals surface area (Å²) >= 11 is 5.45. The molecule has 0 saturated heterocycles. The molecule has 0 spiro atoms. The van der Waals surface area contributed by atoms with Gasteiger partial charge in [-0.05, 0) is 60.0 Å². The van der Waals surface area contributed by atoms with Gasteiger partial charge in [-0.1, -0.05) is 62.4 Å². The van der Waals surface area contributed by atoms with Crippen molar-refractivity contribution in [1.82, 2.24) is 15.6 Å². The van der Waals surface area contributed by atoms with E-state index in [0.717, 1.165) is 24.6 Å². The first-order valence-corrected chi connectivity index (χ1v) is 10.5. The third kappa shape index (κ3) is 3.66. The topological polar surface area (TPSA) is 39.9 Å². The van der Waals surface area contributed by atoms with E-state index in [1.54, 1.807) is 0 Å². The Morgan fingerprint density at radius 1 is 1.04 bits per heavy atom. The Morgan fingerprint density at radius 2 is 1.75 bits per heavy atom. The van der Waals surface area contributed by atoms with Gasteiger partial charge in [-0.15, -0.1) is 0 Å². The lowest BCUT2D eigenvalue weighted by Crippen LogP contribution is -2.35. The quantitative estimate of drug-likeness (QED) is 0.501. The SMILES string of the molecule is Cc1[nH]c2ccccc2c1[C@@H]1[C@@H](CCNC(=S)NCc2ccccc2)C1(C)C. The molecule has 1 aliphatic rings. The highest BCUT2D eigenvalue weighted by Crippen LogP contribution is 2.67. The average molecular weight is 392 g/mol. The van der Waals surface area contributed by atoms with E-state index in [4.69, 9.17) is 12.2 Å². The highest BCUT2D eigenvalue weighted by molar-refractivity contribution is 7.80. The second-order valence-electron chi connectivity index (χ2n) is 8.50. The normalized spacial score (nSPS) is 20.1. The van der Waals surface area contributed by atoms with Crippen LogP contribution in [0, 0.1) is 18.3 Å². The zero-order valence-corrected chi connectivity index (χ0v) is 17.7. The van der Waals surface area contributed by atoms with Crippen LogP contribution in [0.4, 0.5) is 0 Å². The minimum absolute atomic E-state index is 0.330. The number of thiocarbonyl (C=S) groups is 1. The summed E-state index contributed by atoms with van der Waals surface area (Å²) < 4.78 is 0. The van der Waals surface area contributed by atoms with Gasteiger partial charge in [0.05, 0.1) is 0 Å². The van der Waals surface area contributed by atoms with Crippen molar-refractivity contribution < 1.29 is 0 Å². The van der Waals surface area contributed by atoms with E-state index in [0.29, 0.717) is 17.3 Å². The van der Waals surface area contributed by atoms with Crippen molar-refractivity contribution in [1.29, 1.82) is 0 Å². The summed E-state index contributed by atoms with van der Waals surface area (Å²) in [6.07, 6.45) is 1.13. The van der Waals surface area contributed by atoms with Crippen molar-refractivity contribution in [3.8, 4) is 0 Å². The van der Waals surface area contributed by atoms with Gasteiger partial charge in [-0.2, -0.15) is 0 Å². The molecular weight excluding hydrogens is 362 g/mol. The minimum Gasteiger partial charge on any atom is -0.363 e. The van der Waals surface area contributed by atoms with Crippen LogP contribution in [-0.4, -0.2) is 16.6 Å². The fourth-order valence-electron chi connectivity index (χ4n) is 4.74. The second-order valence-corrected chi connectivity index (χ2v) is 8.91. The number of H-pyrrole nitrogens is 1. The summed E-state index contributed by atoms with van der Waals surface area (Å²) in [5.74, 6) is 1.28. The summed E-state index contributed by atoms with van der Waals surface area (Å²) in [4.78, 5) is 3.57. The monoisotopic (exact) mass is 391 g/mol. The predicted octanol–water partition coefficient (Wildman–Crippen LogP) is 5.27. The number of nitrogens with one attached hydrogen (secondary N) is 3. The van der Waals surface area contributed by atoms with Gasteiger partial charge in [0.25, 0.3) is 0 Å². The highest BCUT2D eigenvalue weighted by Gasteiger charge is 2.58. The van der Waals surface area contributed by atoms with Crippen molar-refractivity contribution >= 4 is 28.2 Å². The summed E-state index contributed by atoms with van der Waals surface area (Å²) in [5, 5.41) is 8.81. The van der Waals surface area contributed by atoms with Gasteiger partial charge >= 0.3 is 0 Å². The van der Waals surface area contributed by atoms with Crippen LogP contribution in [0.15, 0.2) is 54.6 Å².